The molecule has 2 N–H and O–H groups in total. The van der Waals surface area contributed by atoms with E-state index in [1.165, 1.54) is 17.4 Å². The normalized spacial score (nSPS) is 15.0. The number of carbonyl (C=O) groups excluding carboxylic acids is 2. The summed E-state index contributed by atoms with van der Waals surface area (Å²) < 4.78 is 22.5. The Kier molecular flexibility index (Phi) is 11.5. The number of methoxy groups -OCH3 is 2. The monoisotopic (exact) mass is 815 g/mol. The smallest absolute Gasteiger partial charge is 0.332 e. The number of aromatic hydroxyl groups is 2. The summed E-state index contributed by atoms with van der Waals surface area (Å²) >= 11 is 9.28. The van der Waals surface area contributed by atoms with Crippen molar-refractivity contribution in [2.75, 3.05) is 66.8 Å². The van der Waals surface area contributed by atoms with Crippen molar-refractivity contribution in [2.24, 2.45) is 0 Å². The summed E-state index contributed by atoms with van der Waals surface area (Å²) in [4.78, 5) is 40.8. The molecule has 47 heavy (non-hydrogen) atoms. The van der Waals surface area contributed by atoms with Crippen LogP contribution in [0, 0.1) is 10.1 Å². The Morgan fingerprint density at radius 3 is 1.83 bits per heavy atom. The van der Waals surface area contributed by atoms with Crippen LogP contribution in [0.15, 0.2) is 18.2 Å². The lowest BCUT2D eigenvalue weighted by Crippen LogP contribution is -2.40. The van der Waals surface area contributed by atoms with E-state index in [0.29, 0.717) is 90.6 Å². The molecule has 0 saturated carbocycles. The predicted molar refractivity (Wildman–Crippen MR) is 185 cm³/mol. The molecule has 0 radical (unpaired) electrons. The molecule has 2 aromatic heterocycles. The van der Waals surface area contributed by atoms with E-state index in [1.54, 1.807) is 19.1 Å². The topological polar surface area (TPSA) is 161 Å². The van der Waals surface area contributed by atoms with Crippen LogP contribution in [0.2, 0.25) is 0 Å². The number of benzene rings is 2. The van der Waals surface area contributed by atoms with Crippen LogP contribution in [-0.2, 0) is 20.1 Å². The lowest BCUT2D eigenvalue weighted by Gasteiger charge is -2.26. The van der Waals surface area contributed by atoms with Crippen LogP contribution in [0.5, 0.6) is 23.0 Å². The molecular weight excluding hydrogens is 786 g/mol. The zero-order chi connectivity index (χ0) is 33.8. The molecule has 4 heterocycles. The second kappa shape index (κ2) is 15.3. The average Bonchev–Trinajstić information content (AvgIpc) is 3.65. The molecule has 4 aromatic rings. The molecule has 2 aromatic carbocycles. The number of amides is 2. The first-order valence-corrected chi connectivity index (χ1v) is 18.2. The molecule has 0 bridgehead atoms. The molecule has 2 amide bonds. The fraction of sp³-hybridized carbons (Fsp3) is 0.400. The van der Waals surface area contributed by atoms with Crippen molar-refractivity contribution in [3.8, 4) is 23.0 Å². The van der Waals surface area contributed by atoms with Gasteiger partial charge in [-0.2, -0.15) is 0 Å². The van der Waals surface area contributed by atoms with E-state index >= 15 is 0 Å². The minimum Gasteiger partial charge on any atom is -0.504 e. The van der Waals surface area contributed by atoms with E-state index in [2.05, 4.69) is 31.9 Å². The van der Waals surface area contributed by atoms with Crippen LogP contribution in [0.3, 0.4) is 0 Å². The van der Waals surface area contributed by atoms with Gasteiger partial charge < -0.3 is 39.0 Å². The molecule has 0 unspecified atom stereocenters. The minimum atomic E-state index is -0.791. The largest absolute Gasteiger partial charge is 0.504 e. The van der Waals surface area contributed by atoms with Crippen LogP contribution >= 0.6 is 54.5 Å². The van der Waals surface area contributed by atoms with E-state index in [9.17, 15) is 29.9 Å². The van der Waals surface area contributed by atoms with Gasteiger partial charge in [0.05, 0.1) is 55.3 Å². The van der Waals surface area contributed by atoms with E-state index in [1.807, 2.05) is 17.0 Å². The average molecular weight is 818 g/mol. The van der Waals surface area contributed by atoms with Crippen LogP contribution < -0.4 is 9.47 Å². The first-order chi connectivity index (χ1) is 22.6. The zero-order valence-corrected chi connectivity index (χ0v) is 30.2. The third-order valence-corrected chi connectivity index (χ3v) is 11.3. The number of thiophene rings is 2. The number of nitro groups is 1. The molecule has 17 heteroatoms. The lowest BCUT2D eigenvalue weighted by molar-refractivity contribution is -0.383. The molecule has 13 nitrogen and oxygen atoms in total. The number of fused-ring (bicyclic) bond motifs is 2. The third kappa shape index (κ3) is 7.00. The van der Waals surface area contributed by atoms with Gasteiger partial charge in [-0.3, -0.25) is 19.7 Å². The van der Waals surface area contributed by atoms with Gasteiger partial charge in [0.2, 0.25) is 5.75 Å². The first-order valence-electron chi connectivity index (χ1n) is 14.3. The highest BCUT2D eigenvalue weighted by atomic mass is 79.9. The number of phenolic OH excluding ortho intramolecular Hbond substituents is 2. The molecule has 6 rings (SSSR count). The van der Waals surface area contributed by atoms with Gasteiger partial charge in [-0.05, 0) is 23.3 Å². The molecule has 2 fully saturated rings. The predicted octanol–water partition coefficient (Wildman–Crippen LogP) is 5.87. The number of phenols is 2. The minimum absolute atomic E-state index is 0.0712. The lowest BCUT2D eigenvalue weighted by atomic mass is 10.1. The quantitative estimate of drug-likeness (QED) is 0.0999. The highest BCUT2D eigenvalue weighted by Crippen LogP contribution is 2.47. The molecule has 0 atom stereocenters. The summed E-state index contributed by atoms with van der Waals surface area (Å²) in [6.07, 6.45) is 0. The molecular formula is C30H31Br2N3O10S2. The first kappa shape index (κ1) is 35.1. The van der Waals surface area contributed by atoms with Crippen molar-refractivity contribution in [1.82, 2.24) is 9.80 Å². The van der Waals surface area contributed by atoms with Gasteiger partial charge >= 0.3 is 5.69 Å². The van der Waals surface area contributed by atoms with Gasteiger partial charge in [0, 0.05) is 58.4 Å². The van der Waals surface area contributed by atoms with Crippen molar-refractivity contribution >= 4 is 92.2 Å². The number of hydrogen-bond donors (Lipinski definition) is 2. The number of halogens is 2. The maximum absolute atomic E-state index is 12.9. The van der Waals surface area contributed by atoms with Gasteiger partial charge in [-0.25, -0.2) is 0 Å². The van der Waals surface area contributed by atoms with Gasteiger partial charge in [0.25, 0.3) is 11.8 Å². The summed E-state index contributed by atoms with van der Waals surface area (Å²) in [6, 6.07) is 5.12. The zero-order valence-electron chi connectivity index (χ0n) is 25.4. The third-order valence-electron chi connectivity index (χ3n) is 7.74. The fourth-order valence-electron chi connectivity index (χ4n) is 5.32. The van der Waals surface area contributed by atoms with Gasteiger partial charge in [-0.1, -0.05) is 31.9 Å². The van der Waals surface area contributed by atoms with Gasteiger partial charge in [0.15, 0.2) is 17.2 Å². The highest BCUT2D eigenvalue weighted by Gasteiger charge is 2.31. The Balaban J connectivity index is 0.000000185. The molecule has 2 saturated heterocycles. The summed E-state index contributed by atoms with van der Waals surface area (Å²) in [5, 5.41) is 33.2. The Hall–Kier alpha value is -3.22. The van der Waals surface area contributed by atoms with E-state index < -0.39 is 22.1 Å². The summed E-state index contributed by atoms with van der Waals surface area (Å²) in [7, 11) is 3.23. The molecule has 2 aliphatic heterocycles. The van der Waals surface area contributed by atoms with Crippen LogP contribution in [0.1, 0.15) is 30.5 Å². The number of nitro benzene ring substituents is 1. The van der Waals surface area contributed by atoms with Crippen molar-refractivity contribution < 1.29 is 43.7 Å². The van der Waals surface area contributed by atoms with Crippen LogP contribution in [0.25, 0.3) is 20.2 Å². The van der Waals surface area contributed by atoms with Crippen LogP contribution in [0.4, 0.5) is 5.69 Å². The number of alkyl halides is 2. The Bertz CT molecular complexity index is 1820. The Labute approximate surface area is 294 Å². The number of nitrogens with zero attached hydrogens (tertiary/aromatic N) is 3. The summed E-state index contributed by atoms with van der Waals surface area (Å²) in [5.74, 6) is -0.193. The maximum atomic E-state index is 12.9. The van der Waals surface area contributed by atoms with Crippen molar-refractivity contribution in [2.45, 2.75) is 10.7 Å². The maximum Gasteiger partial charge on any atom is 0.332 e. The Morgan fingerprint density at radius 1 is 0.851 bits per heavy atom. The molecule has 252 valence electrons. The molecule has 2 aliphatic rings. The SMILES string of the molecule is COc1cc2sc(C(=O)N3CCOCC3)c(CBr)c2cc1OC.O=C(c1sc2c([N+](=O)[O-])c(O)c(O)cc2c1CBr)N1CCOCC1. The van der Waals surface area contributed by atoms with Crippen molar-refractivity contribution in [3.05, 3.63) is 49.2 Å². The highest BCUT2D eigenvalue weighted by molar-refractivity contribution is 9.08. The second-order valence-electron chi connectivity index (χ2n) is 10.3. The summed E-state index contributed by atoms with van der Waals surface area (Å²) in [5.41, 5.74) is 0.977. The standard InChI is InChI=1S/C16H18BrNO4S.C14H13BrN2O6S/c1-20-12-7-10-11(9-17)15(23-14(10)8-13(12)21-2)16(19)18-3-5-22-6-4-18;15-6-8-7-5-9(18)11(19)10(17(21)22)12(7)24-13(8)14(20)16-1-3-23-4-2-16/h7-8H,3-6,9H2,1-2H3;5,18-19H,1-4,6H2. The van der Waals surface area contributed by atoms with Crippen molar-refractivity contribution in [3.63, 3.8) is 0 Å². The van der Waals surface area contributed by atoms with Crippen LogP contribution in [-0.4, -0.2) is 104 Å². The number of ether oxygens (including phenoxy) is 4. The number of morpholine rings is 2. The van der Waals surface area contributed by atoms with E-state index in [4.69, 9.17) is 18.9 Å². The number of rotatable bonds is 7. The summed E-state index contributed by atoms with van der Waals surface area (Å²) in [6.45, 7) is 4.28. The number of hydrogen-bond acceptors (Lipinski definition) is 12. The number of carbonyl (C=O) groups is 2. The second-order valence-corrected chi connectivity index (χ2v) is 13.5. The molecule has 0 spiro atoms. The van der Waals surface area contributed by atoms with Gasteiger partial charge in [0.1, 0.15) is 4.70 Å². The van der Waals surface area contributed by atoms with E-state index in [0.717, 1.165) is 31.9 Å². The van der Waals surface area contributed by atoms with Crippen molar-refractivity contribution in [1.29, 1.82) is 0 Å². The van der Waals surface area contributed by atoms with Gasteiger partial charge in [-0.15, -0.1) is 22.7 Å². The van der Waals surface area contributed by atoms with E-state index in [-0.39, 0.29) is 16.5 Å². The Morgan fingerprint density at radius 2 is 1.34 bits per heavy atom. The molecule has 0 aliphatic carbocycles. The fourth-order valence-corrected chi connectivity index (χ4v) is 9.34.